The lowest BCUT2D eigenvalue weighted by Gasteiger charge is -2.37. The molecule has 4 nitrogen and oxygen atoms in total. The van der Waals surface area contributed by atoms with Crippen LogP contribution >= 0.6 is 0 Å². The minimum Gasteiger partial charge on any atom is -0.468 e. The topological polar surface area (TPSA) is 46.6 Å². The van der Waals surface area contributed by atoms with Gasteiger partial charge in [0.1, 0.15) is 11.7 Å². The van der Waals surface area contributed by atoms with Crippen molar-refractivity contribution in [1.82, 2.24) is 4.90 Å². The highest BCUT2D eigenvalue weighted by atomic mass is 16.5. The Bertz CT molecular complexity index is 514. The van der Waals surface area contributed by atoms with Crippen LogP contribution in [0.15, 0.2) is 30.3 Å². The Hall–Kier alpha value is -1.68. The average molecular weight is 273 g/mol. The molecule has 0 amide bonds. The summed E-state index contributed by atoms with van der Waals surface area (Å²) in [6.07, 6.45) is 2.38. The molecule has 3 atom stereocenters. The van der Waals surface area contributed by atoms with Gasteiger partial charge in [0.2, 0.25) is 0 Å². The Morgan fingerprint density at radius 2 is 2.05 bits per heavy atom. The van der Waals surface area contributed by atoms with Crippen molar-refractivity contribution in [3.63, 3.8) is 0 Å². The first-order chi connectivity index (χ1) is 9.70. The molecule has 0 aromatic heterocycles. The second-order valence-electron chi connectivity index (χ2n) is 5.63. The van der Waals surface area contributed by atoms with Gasteiger partial charge in [-0.25, -0.2) is 0 Å². The molecule has 1 aromatic carbocycles. The largest absolute Gasteiger partial charge is 0.468 e. The predicted octanol–water partition coefficient (Wildman–Crippen LogP) is 1.78. The highest BCUT2D eigenvalue weighted by Gasteiger charge is 2.50. The predicted molar refractivity (Wildman–Crippen MR) is 73.9 cm³/mol. The third-order valence-electron chi connectivity index (χ3n) is 4.52. The number of nitrogens with zero attached hydrogens (tertiary/aromatic N) is 1. The van der Waals surface area contributed by atoms with Crippen LogP contribution < -0.4 is 0 Å². The van der Waals surface area contributed by atoms with Gasteiger partial charge in [0.05, 0.1) is 7.11 Å². The van der Waals surface area contributed by atoms with E-state index in [9.17, 15) is 9.59 Å². The van der Waals surface area contributed by atoms with Crippen molar-refractivity contribution in [3.8, 4) is 0 Å². The van der Waals surface area contributed by atoms with Gasteiger partial charge in [-0.1, -0.05) is 30.3 Å². The lowest BCUT2D eigenvalue weighted by atomic mass is 9.88. The molecule has 2 aliphatic heterocycles. The number of piperidine rings is 1. The summed E-state index contributed by atoms with van der Waals surface area (Å²) in [5.74, 6) is -0.922. The number of Topliss-reactive ketones (excluding diaryl/α,β-unsaturated/α-hetero) is 1. The van der Waals surface area contributed by atoms with Crippen LogP contribution in [0.1, 0.15) is 24.8 Å². The summed E-state index contributed by atoms with van der Waals surface area (Å²) in [5.41, 5.74) is 1.22. The number of fused-ring (bicyclic) bond motifs is 2. The number of hydrogen-bond donors (Lipinski definition) is 0. The first kappa shape index (κ1) is 13.3. The Kier molecular flexibility index (Phi) is 3.57. The lowest BCUT2D eigenvalue weighted by Crippen LogP contribution is -2.51. The van der Waals surface area contributed by atoms with Gasteiger partial charge < -0.3 is 4.74 Å². The lowest BCUT2D eigenvalue weighted by molar-refractivity contribution is -0.154. The molecule has 2 aliphatic rings. The van der Waals surface area contributed by atoms with Gasteiger partial charge in [0.25, 0.3) is 0 Å². The standard InChI is InChI=1S/C16H19NO3/c1-20-16(19)15-13-8-7-12(9-14(15)18)17(13)10-11-5-3-2-4-6-11/h2-6,12-13,15H,7-10H2,1H3/t12-,13+,15+/m0/s1. The summed E-state index contributed by atoms with van der Waals surface area (Å²) >= 11 is 0. The number of ketones is 1. The molecule has 20 heavy (non-hydrogen) atoms. The first-order valence-corrected chi connectivity index (χ1v) is 7.11. The number of carbonyl (C=O) groups excluding carboxylic acids is 2. The van der Waals surface area contributed by atoms with E-state index < -0.39 is 5.92 Å². The van der Waals surface area contributed by atoms with Crippen LogP contribution in [0.5, 0.6) is 0 Å². The molecule has 4 heteroatoms. The van der Waals surface area contributed by atoms with Crippen molar-refractivity contribution < 1.29 is 14.3 Å². The van der Waals surface area contributed by atoms with Crippen molar-refractivity contribution in [2.24, 2.45) is 5.92 Å². The molecular formula is C16H19NO3. The fraction of sp³-hybridized carbons (Fsp3) is 0.500. The van der Waals surface area contributed by atoms with E-state index in [1.165, 1.54) is 12.7 Å². The van der Waals surface area contributed by atoms with Gasteiger partial charge in [-0.2, -0.15) is 0 Å². The molecule has 0 saturated carbocycles. The summed E-state index contributed by atoms with van der Waals surface area (Å²) in [4.78, 5) is 26.3. The highest BCUT2D eigenvalue weighted by molar-refractivity contribution is 6.00. The van der Waals surface area contributed by atoms with Crippen LogP contribution in [0.3, 0.4) is 0 Å². The molecule has 3 rings (SSSR count). The summed E-state index contributed by atoms with van der Waals surface area (Å²) in [7, 11) is 1.36. The summed E-state index contributed by atoms with van der Waals surface area (Å²) in [5, 5.41) is 0. The average Bonchev–Trinajstić information content (AvgIpc) is 2.74. The molecule has 106 valence electrons. The minimum atomic E-state index is -0.595. The molecule has 0 unspecified atom stereocenters. The van der Waals surface area contributed by atoms with Crippen LogP contribution in [-0.4, -0.2) is 35.8 Å². The van der Waals surface area contributed by atoms with E-state index in [1.807, 2.05) is 18.2 Å². The van der Waals surface area contributed by atoms with Gasteiger partial charge in [0.15, 0.2) is 0 Å². The van der Waals surface area contributed by atoms with Crippen LogP contribution in [0, 0.1) is 5.92 Å². The molecule has 1 aromatic rings. The SMILES string of the molecule is COC(=O)[C@H]1C(=O)C[C@@H]2CC[C@H]1N2Cc1ccccc1. The Morgan fingerprint density at radius 1 is 1.30 bits per heavy atom. The van der Waals surface area contributed by atoms with Gasteiger partial charge in [-0.05, 0) is 18.4 Å². The molecular weight excluding hydrogens is 254 g/mol. The van der Waals surface area contributed by atoms with E-state index in [4.69, 9.17) is 4.74 Å². The zero-order valence-electron chi connectivity index (χ0n) is 11.6. The minimum absolute atomic E-state index is 0.00825. The number of ether oxygens (including phenoxy) is 1. The molecule has 0 spiro atoms. The van der Waals surface area contributed by atoms with Gasteiger partial charge in [-0.15, -0.1) is 0 Å². The van der Waals surface area contributed by atoms with E-state index in [0.29, 0.717) is 6.42 Å². The quantitative estimate of drug-likeness (QED) is 0.622. The monoisotopic (exact) mass is 273 g/mol. The summed E-state index contributed by atoms with van der Waals surface area (Å²) in [6.45, 7) is 0.803. The maximum atomic E-state index is 12.1. The van der Waals surface area contributed by atoms with Crippen molar-refractivity contribution >= 4 is 11.8 Å². The van der Waals surface area contributed by atoms with Crippen molar-refractivity contribution in [3.05, 3.63) is 35.9 Å². The van der Waals surface area contributed by atoms with E-state index in [0.717, 1.165) is 19.4 Å². The molecule has 2 heterocycles. The number of hydrogen-bond acceptors (Lipinski definition) is 4. The van der Waals surface area contributed by atoms with Crippen LogP contribution in [0.2, 0.25) is 0 Å². The number of esters is 1. The van der Waals surface area contributed by atoms with E-state index in [2.05, 4.69) is 17.0 Å². The van der Waals surface area contributed by atoms with Gasteiger partial charge >= 0.3 is 5.97 Å². The third kappa shape index (κ3) is 2.24. The first-order valence-electron chi connectivity index (χ1n) is 7.11. The second-order valence-corrected chi connectivity index (χ2v) is 5.63. The number of methoxy groups -OCH3 is 1. The molecule has 0 aliphatic carbocycles. The van der Waals surface area contributed by atoms with E-state index in [-0.39, 0.29) is 23.8 Å². The van der Waals surface area contributed by atoms with Gasteiger partial charge in [-0.3, -0.25) is 14.5 Å². The summed E-state index contributed by atoms with van der Waals surface area (Å²) in [6, 6.07) is 10.5. The molecule has 0 radical (unpaired) electrons. The van der Waals surface area contributed by atoms with Crippen molar-refractivity contribution in [1.29, 1.82) is 0 Å². The molecule has 2 saturated heterocycles. The van der Waals surface area contributed by atoms with Crippen LogP contribution in [0.4, 0.5) is 0 Å². The van der Waals surface area contributed by atoms with Crippen LogP contribution in [0.25, 0.3) is 0 Å². The molecule has 2 fully saturated rings. The maximum Gasteiger partial charge on any atom is 0.317 e. The third-order valence-corrected chi connectivity index (χ3v) is 4.52. The normalized spacial score (nSPS) is 29.4. The van der Waals surface area contributed by atoms with Crippen LogP contribution in [-0.2, 0) is 20.9 Å². The number of rotatable bonds is 3. The Morgan fingerprint density at radius 3 is 2.75 bits per heavy atom. The second kappa shape index (κ2) is 5.37. The Labute approximate surface area is 118 Å². The molecule has 2 bridgehead atoms. The zero-order chi connectivity index (χ0) is 14.1. The van der Waals surface area contributed by atoms with Gasteiger partial charge in [0, 0.05) is 25.0 Å². The van der Waals surface area contributed by atoms with Crippen molar-refractivity contribution in [2.45, 2.75) is 37.9 Å². The maximum absolute atomic E-state index is 12.1. The highest BCUT2D eigenvalue weighted by Crippen LogP contribution is 2.38. The fourth-order valence-electron chi connectivity index (χ4n) is 3.57. The Balaban J connectivity index is 1.82. The zero-order valence-corrected chi connectivity index (χ0v) is 11.6. The fourth-order valence-corrected chi connectivity index (χ4v) is 3.57. The summed E-state index contributed by atoms with van der Waals surface area (Å²) < 4.78 is 4.82. The molecule has 0 N–H and O–H groups in total. The smallest absolute Gasteiger partial charge is 0.317 e. The van der Waals surface area contributed by atoms with E-state index >= 15 is 0 Å². The van der Waals surface area contributed by atoms with Crippen molar-refractivity contribution in [2.75, 3.05) is 7.11 Å². The van der Waals surface area contributed by atoms with E-state index in [1.54, 1.807) is 0 Å². The number of benzene rings is 1. The number of carbonyl (C=O) groups is 2.